The average Bonchev–Trinajstić information content (AvgIpc) is 2.63. The fourth-order valence-corrected chi connectivity index (χ4v) is 4.07. The summed E-state index contributed by atoms with van der Waals surface area (Å²) in [6.45, 7) is 0.851. The summed E-state index contributed by atoms with van der Waals surface area (Å²) in [6, 6.07) is 9.34. The second kappa shape index (κ2) is 7.71. The van der Waals surface area contributed by atoms with E-state index < -0.39 is 10.0 Å². The number of methoxy groups -OCH3 is 1. The number of benzene rings is 1. The standard InChI is InChI=1S/C17H20N4O4S/c1-25-15-4-6-16(7-5-15)26(23,24)21-11-14(12-21)20-17(22)19-10-13-3-2-8-18-9-13/h2-9,14H,10-12H2,1H3,(H2,19,20,22). The van der Waals surface area contributed by atoms with Crippen LogP contribution in [0.1, 0.15) is 5.56 Å². The molecule has 0 unspecified atom stereocenters. The Bertz CT molecular complexity index is 850. The molecule has 0 radical (unpaired) electrons. The minimum Gasteiger partial charge on any atom is -0.497 e. The molecule has 2 N–H and O–H groups in total. The van der Waals surface area contributed by atoms with Gasteiger partial charge in [-0.3, -0.25) is 4.98 Å². The number of sulfonamides is 1. The molecule has 1 aliphatic rings. The number of ether oxygens (including phenoxy) is 1. The number of amides is 2. The minimum absolute atomic E-state index is 0.206. The van der Waals surface area contributed by atoms with Crippen LogP contribution in [0.2, 0.25) is 0 Å². The number of hydrogen-bond acceptors (Lipinski definition) is 5. The van der Waals surface area contributed by atoms with Crippen LogP contribution >= 0.6 is 0 Å². The van der Waals surface area contributed by atoms with Gasteiger partial charge in [0.2, 0.25) is 10.0 Å². The summed E-state index contributed by atoms with van der Waals surface area (Å²) < 4.78 is 31.4. The van der Waals surface area contributed by atoms with Gasteiger partial charge in [-0.25, -0.2) is 13.2 Å². The van der Waals surface area contributed by atoms with E-state index >= 15 is 0 Å². The third-order valence-corrected chi connectivity index (χ3v) is 5.90. The Kier molecular flexibility index (Phi) is 5.38. The monoisotopic (exact) mass is 376 g/mol. The Morgan fingerprint density at radius 2 is 2.00 bits per heavy atom. The lowest BCUT2D eigenvalue weighted by molar-refractivity contribution is 0.204. The molecule has 0 spiro atoms. The highest BCUT2D eigenvalue weighted by atomic mass is 32.2. The number of urea groups is 1. The number of hydrogen-bond donors (Lipinski definition) is 2. The van der Waals surface area contributed by atoms with E-state index in [0.717, 1.165) is 5.56 Å². The fraction of sp³-hybridized carbons (Fsp3) is 0.294. The lowest BCUT2D eigenvalue weighted by Crippen LogP contribution is -2.62. The summed E-state index contributed by atoms with van der Waals surface area (Å²) in [4.78, 5) is 16.1. The van der Waals surface area contributed by atoms with Crippen LogP contribution < -0.4 is 15.4 Å². The molecule has 1 aromatic heterocycles. The summed E-state index contributed by atoms with van der Waals surface area (Å²) in [5.74, 6) is 0.595. The van der Waals surface area contributed by atoms with Crippen LogP contribution in [0.3, 0.4) is 0 Å². The maximum absolute atomic E-state index is 12.5. The smallest absolute Gasteiger partial charge is 0.315 e. The summed E-state index contributed by atoms with van der Waals surface area (Å²) in [5, 5.41) is 5.49. The Labute approximate surface area is 152 Å². The number of nitrogens with zero attached hydrogens (tertiary/aromatic N) is 2. The van der Waals surface area contributed by atoms with E-state index in [2.05, 4.69) is 15.6 Å². The van der Waals surface area contributed by atoms with Crippen molar-refractivity contribution in [2.75, 3.05) is 20.2 Å². The van der Waals surface area contributed by atoms with E-state index in [0.29, 0.717) is 12.3 Å². The molecule has 1 aliphatic heterocycles. The molecule has 1 fully saturated rings. The van der Waals surface area contributed by atoms with Crippen LogP contribution in [0.15, 0.2) is 53.7 Å². The van der Waals surface area contributed by atoms with Crippen LogP contribution in [0.4, 0.5) is 4.79 Å². The highest BCUT2D eigenvalue weighted by molar-refractivity contribution is 7.89. The number of rotatable bonds is 6. The first kappa shape index (κ1) is 18.2. The Morgan fingerprint density at radius 3 is 2.62 bits per heavy atom. The Balaban J connectivity index is 1.47. The molecule has 0 aliphatic carbocycles. The molecule has 1 aromatic carbocycles. The summed E-state index contributed by atoms with van der Waals surface area (Å²) >= 11 is 0. The molecule has 0 bridgehead atoms. The van der Waals surface area contributed by atoms with Gasteiger partial charge < -0.3 is 15.4 Å². The minimum atomic E-state index is -3.55. The van der Waals surface area contributed by atoms with E-state index in [-0.39, 0.29) is 30.1 Å². The van der Waals surface area contributed by atoms with Crippen LogP contribution in [0.5, 0.6) is 5.75 Å². The molecule has 0 atom stereocenters. The van der Waals surface area contributed by atoms with Gasteiger partial charge in [-0.15, -0.1) is 0 Å². The molecule has 1 saturated heterocycles. The van der Waals surface area contributed by atoms with Crippen molar-refractivity contribution in [1.82, 2.24) is 19.9 Å². The highest BCUT2D eigenvalue weighted by Crippen LogP contribution is 2.23. The second-order valence-electron chi connectivity index (χ2n) is 5.88. The van der Waals surface area contributed by atoms with E-state index in [1.807, 2.05) is 6.07 Å². The van der Waals surface area contributed by atoms with Crippen molar-refractivity contribution >= 4 is 16.1 Å². The number of carbonyl (C=O) groups excluding carboxylic acids is 1. The normalized spacial score (nSPS) is 15.1. The lowest BCUT2D eigenvalue weighted by atomic mass is 10.2. The molecular formula is C17H20N4O4S. The maximum atomic E-state index is 12.5. The molecule has 2 amide bonds. The summed E-state index contributed by atoms with van der Waals surface area (Å²) in [6.07, 6.45) is 3.34. The van der Waals surface area contributed by atoms with Crippen LogP contribution in [-0.4, -0.2) is 50.0 Å². The van der Waals surface area contributed by atoms with Crippen LogP contribution in [-0.2, 0) is 16.6 Å². The van der Waals surface area contributed by atoms with Gasteiger partial charge in [0.15, 0.2) is 0 Å². The van der Waals surface area contributed by atoms with Gasteiger partial charge in [0.1, 0.15) is 5.75 Å². The highest BCUT2D eigenvalue weighted by Gasteiger charge is 2.37. The van der Waals surface area contributed by atoms with Crippen LogP contribution in [0, 0.1) is 0 Å². The van der Waals surface area contributed by atoms with Crippen molar-refractivity contribution in [3.8, 4) is 5.75 Å². The Morgan fingerprint density at radius 1 is 1.27 bits per heavy atom. The van der Waals surface area contributed by atoms with Crippen molar-refractivity contribution in [3.05, 3.63) is 54.4 Å². The van der Waals surface area contributed by atoms with Crippen molar-refractivity contribution in [2.24, 2.45) is 0 Å². The number of aromatic nitrogens is 1. The molecule has 3 rings (SSSR count). The first-order chi connectivity index (χ1) is 12.5. The van der Waals surface area contributed by atoms with Crippen molar-refractivity contribution in [1.29, 1.82) is 0 Å². The maximum Gasteiger partial charge on any atom is 0.315 e. The molecule has 8 nitrogen and oxygen atoms in total. The van der Waals surface area contributed by atoms with Gasteiger partial charge in [0.05, 0.1) is 18.0 Å². The van der Waals surface area contributed by atoms with Crippen molar-refractivity contribution in [3.63, 3.8) is 0 Å². The number of carbonyl (C=O) groups is 1. The number of pyridine rings is 1. The van der Waals surface area contributed by atoms with Gasteiger partial charge in [-0.1, -0.05) is 6.07 Å². The number of nitrogens with one attached hydrogen (secondary N) is 2. The zero-order valence-electron chi connectivity index (χ0n) is 14.3. The third kappa shape index (κ3) is 4.12. The van der Waals surface area contributed by atoms with E-state index in [1.54, 1.807) is 30.6 Å². The summed E-state index contributed by atoms with van der Waals surface area (Å²) in [7, 11) is -2.03. The zero-order chi connectivity index (χ0) is 18.6. The second-order valence-corrected chi connectivity index (χ2v) is 7.82. The van der Waals surface area contributed by atoms with Gasteiger partial charge in [-0.2, -0.15) is 4.31 Å². The first-order valence-corrected chi connectivity index (χ1v) is 9.50. The predicted octanol–water partition coefficient (Wildman–Crippen LogP) is 0.962. The van der Waals surface area contributed by atoms with Crippen molar-refractivity contribution in [2.45, 2.75) is 17.5 Å². The van der Waals surface area contributed by atoms with Gasteiger partial charge in [0, 0.05) is 32.0 Å². The van der Waals surface area contributed by atoms with Gasteiger partial charge in [-0.05, 0) is 35.9 Å². The molecule has 9 heteroatoms. The summed E-state index contributed by atoms with van der Waals surface area (Å²) in [5.41, 5.74) is 0.889. The average molecular weight is 376 g/mol. The fourth-order valence-electron chi connectivity index (χ4n) is 2.54. The SMILES string of the molecule is COc1ccc(S(=O)(=O)N2CC(NC(=O)NCc3cccnc3)C2)cc1. The first-order valence-electron chi connectivity index (χ1n) is 8.06. The molecule has 2 aromatic rings. The molecule has 0 saturated carbocycles. The van der Waals surface area contributed by atoms with Crippen molar-refractivity contribution < 1.29 is 17.9 Å². The van der Waals surface area contributed by atoms with E-state index in [9.17, 15) is 13.2 Å². The lowest BCUT2D eigenvalue weighted by Gasteiger charge is -2.38. The topological polar surface area (TPSA) is 101 Å². The van der Waals surface area contributed by atoms with Gasteiger partial charge >= 0.3 is 6.03 Å². The largest absolute Gasteiger partial charge is 0.497 e. The quantitative estimate of drug-likeness (QED) is 0.782. The molecular weight excluding hydrogens is 356 g/mol. The van der Waals surface area contributed by atoms with Gasteiger partial charge in [0.25, 0.3) is 0 Å². The van der Waals surface area contributed by atoms with E-state index in [1.165, 1.54) is 23.5 Å². The molecule has 26 heavy (non-hydrogen) atoms. The van der Waals surface area contributed by atoms with E-state index in [4.69, 9.17) is 4.74 Å². The molecule has 2 heterocycles. The third-order valence-electron chi connectivity index (χ3n) is 4.06. The Hall–Kier alpha value is -2.65. The predicted molar refractivity (Wildman–Crippen MR) is 95.1 cm³/mol. The zero-order valence-corrected chi connectivity index (χ0v) is 15.1. The van der Waals surface area contributed by atoms with Crippen LogP contribution in [0.25, 0.3) is 0 Å². The molecule has 138 valence electrons.